The van der Waals surface area contributed by atoms with Crippen LogP contribution in [0.1, 0.15) is 46.0 Å². The largest absolute Gasteiger partial charge is 0.300 e. The third-order valence-electron chi connectivity index (χ3n) is 2.08. The predicted octanol–water partition coefficient (Wildman–Crippen LogP) is 3.97. The highest BCUT2D eigenvalue weighted by Crippen LogP contribution is 2.24. The van der Waals surface area contributed by atoms with E-state index in [9.17, 15) is 4.79 Å². The fraction of sp³-hybridized carbons (Fsp3) is 0.900. The van der Waals surface area contributed by atoms with E-state index in [1.807, 2.05) is 0 Å². The lowest BCUT2D eigenvalue weighted by atomic mass is 9.98. The summed E-state index contributed by atoms with van der Waals surface area (Å²) in [6.45, 7) is 3.74. The molecule has 1 unspecified atom stereocenters. The van der Waals surface area contributed by atoms with Gasteiger partial charge in [-0.25, -0.2) is 0 Å². The number of ketones is 1. The molecule has 3 heteroatoms. The lowest BCUT2D eigenvalue weighted by Gasteiger charge is -2.15. The van der Waals surface area contributed by atoms with Gasteiger partial charge in [-0.15, -0.1) is 23.2 Å². The number of hydrogen-bond acceptors (Lipinski definition) is 1. The summed E-state index contributed by atoms with van der Waals surface area (Å²) in [5.41, 5.74) is 0. The molecule has 0 aliphatic rings. The third kappa shape index (κ3) is 7.33. The molecule has 13 heavy (non-hydrogen) atoms. The molecule has 0 spiro atoms. The zero-order valence-corrected chi connectivity index (χ0v) is 9.87. The molecule has 0 bridgehead atoms. The summed E-state index contributed by atoms with van der Waals surface area (Å²) in [7, 11) is 0. The monoisotopic (exact) mass is 224 g/mol. The van der Waals surface area contributed by atoms with Crippen LogP contribution in [0, 0.1) is 5.92 Å². The number of hydrogen-bond donors (Lipinski definition) is 0. The average molecular weight is 225 g/mol. The van der Waals surface area contributed by atoms with Gasteiger partial charge in [-0.1, -0.05) is 26.2 Å². The first-order chi connectivity index (χ1) is 6.07. The van der Waals surface area contributed by atoms with Gasteiger partial charge < -0.3 is 4.79 Å². The van der Waals surface area contributed by atoms with E-state index < -0.39 is 4.84 Å². The molecule has 0 aliphatic carbocycles. The topological polar surface area (TPSA) is 17.1 Å². The second kappa shape index (κ2) is 7.64. The predicted molar refractivity (Wildman–Crippen MR) is 58.4 cm³/mol. The van der Waals surface area contributed by atoms with Gasteiger partial charge in [0.2, 0.25) is 0 Å². The maximum absolute atomic E-state index is 10.9. The van der Waals surface area contributed by atoms with Gasteiger partial charge in [-0.2, -0.15) is 0 Å². The molecular weight excluding hydrogens is 207 g/mol. The highest BCUT2D eigenvalue weighted by molar-refractivity contribution is 6.44. The minimum Gasteiger partial charge on any atom is -0.300 e. The Morgan fingerprint density at radius 1 is 1.31 bits per heavy atom. The number of unbranched alkanes of at least 4 members (excludes halogenated alkanes) is 2. The lowest BCUT2D eigenvalue weighted by Crippen LogP contribution is -2.13. The van der Waals surface area contributed by atoms with Crippen LogP contribution in [0.4, 0.5) is 0 Å². The molecule has 0 saturated carbocycles. The Morgan fingerprint density at radius 2 is 1.92 bits per heavy atom. The molecule has 1 atom stereocenters. The third-order valence-corrected chi connectivity index (χ3v) is 2.80. The highest BCUT2D eigenvalue weighted by Gasteiger charge is 2.17. The Hall–Kier alpha value is 0.250. The van der Waals surface area contributed by atoms with Crippen molar-refractivity contribution in [3.05, 3.63) is 0 Å². The lowest BCUT2D eigenvalue weighted by molar-refractivity contribution is -0.117. The molecule has 1 nitrogen and oxygen atoms in total. The number of alkyl halides is 2. The molecule has 0 rings (SSSR count). The number of rotatable bonds is 7. The maximum atomic E-state index is 10.9. The Labute approximate surface area is 90.8 Å². The smallest absolute Gasteiger partial charge is 0.130 e. The first kappa shape index (κ1) is 13.2. The first-order valence-electron chi connectivity index (χ1n) is 4.85. The standard InChI is InChI=1S/C10H18Cl2O/c1-3-4-5-6-9(10(11)12)7-8(2)13/h9-10H,3-7H2,1-2H3. The molecule has 0 aromatic heterocycles. The summed E-state index contributed by atoms with van der Waals surface area (Å²) in [5.74, 6) is 0.320. The van der Waals surface area contributed by atoms with E-state index >= 15 is 0 Å². The van der Waals surface area contributed by atoms with Crippen molar-refractivity contribution in [2.45, 2.75) is 50.8 Å². The van der Waals surface area contributed by atoms with E-state index in [0.29, 0.717) is 6.42 Å². The molecule has 0 N–H and O–H groups in total. The molecule has 0 aliphatic heterocycles. The van der Waals surface area contributed by atoms with Gasteiger partial charge in [0, 0.05) is 6.42 Å². The summed E-state index contributed by atoms with van der Waals surface area (Å²) in [4.78, 5) is 10.5. The van der Waals surface area contributed by atoms with Crippen molar-refractivity contribution >= 4 is 29.0 Å². The summed E-state index contributed by atoms with van der Waals surface area (Å²) < 4.78 is 0. The van der Waals surface area contributed by atoms with Gasteiger partial charge in [0.15, 0.2) is 0 Å². The van der Waals surface area contributed by atoms with Gasteiger partial charge in [0.05, 0.1) is 0 Å². The van der Waals surface area contributed by atoms with Crippen LogP contribution in [-0.4, -0.2) is 10.6 Å². The Kier molecular flexibility index (Phi) is 7.78. The molecule has 0 fully saturated rings. The molecule has 78 valence electrons. The molecule has 0 amide bonds. The van der Waals surface area contributed by atoms with Crippen molar-refractivity contribution in [3.8, 4) is 0 Å². The number of halogens is 2. The van der Waals surface area contributed by atoms with Gasteiger partial charge >= 0.3 is 0 Å². The maximum Gasteiger partial charge on any atom is 0.130 e. The van der Waals surface area contributed by atoms with Gasteiger partial charge in [0.1, 0.15) is 10.6 Å². The molecule has 0 heterocycles. The minimum absolute atomic E-state index is 0.146. The average Bonchev–Trinajstić information content (AvgIpc) is 2.02. The summed E-state index contributed by atoms with van der Waals surface area (Å²) in [5, 5.41) is 0. The molecular formula is C10H18Cl2O. The van der Waals surface area contributed by atoms with Crippen molar-refractivity contribution in [1.82, 2.24) is 0 Å². The van der Waals surface area contributed by atoms with E-state index in [4.69, 9.17) is 23.2 Å². The van der Waals surface area contributed by atoms with Crippen LogP contribution in [0.25, 0.3) is 0 Å². The van der Waals surface area contributed by atoms with Gasteiger partial charge in [0.25, 0.3) is 0 Å². The molecule has 0 aromatic carbocycles. The van der Waals surface area contributed by atoms with Crippen LogP contribution in [0.2, 0.25) is 0 Å². The van der Waals surface area contributed by atoms with Crippen LogP contribution in [0.3, 0.4) is 0 Å². The fourth-order valence-electron chi connectivity index (χ4n) is 1.34. The summed E-state index contributed by atoms with van der Waals surface area (Å²) in [6.07, 6.45) is 4.97. The van der Waals surface area contributed by atoms with Gasteiger partial charge in [-0.3, -0.25) is 0 Å². The van der Waals surface area contributed by atoms with Crippen LogP contribution in [0.15, 0.2) is 0 Å². The van der Waals surface area contributed by atoms with E-state index in [1.54, 1.807) is 6.92 Å². The molecule has 0 aromatic rings. The molecule has 0 saturated heterocycles. The second-order valence-corrected chi connectivity index (χ2v) is 4.66. The Morgan fingerprint density at radius 3 is 2.31 bits per heavy atom. The van der Waals surface area contributed by atoms with E-state index in [2.05, 4.69) is 6.92 Å². The van der Waals surface area contributed by atoms with E-state index in [-0.39, 0.29) is 11.7 Å². The van der Waals surface area contributed by atoms with Crippen LogP contribution < -0.4 is 0 Å². The quantitative estimate of drug-likeness (QED) is 0.473. The fourth-order valence-corrected chi connectivity index (χ4v) is 1.77. The number of Topliss-reactive ketones (excluding diaryl/α,β-unsaturated/α-hetero) is 1. The number of carbonyl (C=O) groups excluding carboxylic acids is 1. The van der Waals surface area contributed by atoms with E-state index in [1.165, 1.54) is 12.8 Å². The van der Waals surface area contributed by atoms with Crippen LogP contribution >= 0.6 is 23.2 Å². The summed E-state index contributed by atoms with van der Waals surface area (Å²) >= 11 is 11.6. The van der Waals surface area contributed by atoms with Crippen LogP contribution in [-0.2, 0) is 4.79 Å². The van der Waals surface area contributed by atoms with Crippen molar-refractivity contribution < 1.29 is 4.79 Å². The van der Waals surface area contributed by atoms with Crippen molar-refractivity contribution in [3.63, 3.8) is 0 Å². The zero-order chi connectivity index (χ0) is 10.3. The first-order valence-corrected chi connectivity index (χ1v) is 5.72. The zero-order valence-electron chi connectivity index (χ0n) is 8.35. The molecule has 0 radical (unpaired) electrons. The van der Waals surface area contributed by atoms with E-state index in [0.717, 1.165) is 12.8 Å². The Bertz CT molecular complexity index is 146. The van der Waals surface area contributed by atoms with Crippen molar-refractivity contribution in [2.75, 3.05) is 0 Å². The van der Waals surface area contributed by atoms with Crippen molar-refractivity contribution in [2.24, 2.45) is 5.92 Å². The minimum atomic E-state index is -0.402. The van der Waals surface area contributed by atoms with Crippen LogP contribution in [0.5, 0.6) is 0 Å². The summed E-state index contributed by atoms with van der Waals surface area (Å²) in [6, 6.07) is 0. The van der Waals surface area contributed by atoms with Crippen molar-refractivity contribution in [1.29, 1.82) is 0 Å². The SMILES string of the molecule is CCCCCC(CC(C)=O)C(Cl)Cl. The Balaban J connectivity index is 3.74. The normalized spacial score (nSPS) is 13.3. The number of carbonyl (C=O) groups is 1. The second-order valence-electron chi connectivity index (χ2n) is 3.50. The highest BCUT2D eigenvalue weighted by atomic mass is 35.5. The van der Waals surface area contributed by atoms with Gasteiger partial charge in [-0.05, 0) is 19.3 Å².